The molecule has 0 bridgehead atoms. The van der Waals surface area contributed by atoms with E-state index in [1.807, 2.05) is 0 Å². The Labute approximate surface area is 175 Å². The second-order valence-corrected chi connectivity index (χ2v) is 7.01. The van der Waals surface area contributed by atoms with Crippen LogP contribution in [0.5, 0.6) is 0 Å². The van der Waals surface area contributed by atoms with Gasteiger partial charge in [-0.1, -0.05) is 0 Å². The van der Waals surface area contributed by atoms with Gasteiger partial charge in [-0.2, -0.15) is 0 Å². The van der Waals surface area contributed by atoms with Crippen LogP contribution in [-0.2, 0) is 14.3 Å². The second-order valence-electron chi connectivity index (χ2n) is 7.01. The van der Waals surface area contributed by atoms with Gasteiger partial charge in [0.2, 0.25) is 11.8 Å². The highest BCUT2D eigenvalue weighted by Crippen LogP contribution is 2.17. The minimum atomic E-state index is -0.198. The van der Waals surface area contributed by atoms with Gasteiger partial charge < -0.3 is 25.2 Å². The summed E-state index contributed by atoms with van der Waals surface area (Å²) < 4.78 is 5.27. The number of benzene rings is 2. The first-order chi connectivity index (χ1) is 14.4. The topological polar surface area (TPSA) is 91.0 Å². The van der Waals surface area contributed by atoms with Crippen LogP contribution in [0, 0.1) is 0 Å². The number of carbonyl (C=O) groups excluding carboxylic acids is 3. The predicted octanol–water partition coefficient (Wildman–Crippen LogP) is 2.19. The van der Waals surface area contributed by atoms with Crippen LogP contribution in [-0.4, -0.2) is 62.5 Å². The van der Waals surface area contributed by atoms with Crippen molar-refractivity contribution in [1.82, 2.24) is 4.90 Å². The van der Waals surface area contributed by atoms with E-state index in [1.54, 1.807) is 60.5 Å². The van der Waals surface area contributed by atoms with Crippen molar-refractivity contribution in [2.75, 3.05) is 55.4 Å². The summed E-state index contributed by atoms with van der Waals surface area (Å²) in [6.45, 7) is 3.92. The van der Waals surface area contributed by atoms with E-state index >= 15 is 0 Å². The van der Waals surface area contributed by atoms with Gasteiger partial charge in [-0.3, -0.25) is 14.4 Å². The van der Waals surface area contributed by atoms with Gasteiger partial charge in [-0.05, 0) is 48.5 Å². The maximum Gasteiger partial charge on any atom is 0.254 e. The van der Waals surface area contributed by atoms with Gasteiger partial charge >= 0.3 is 0 Å². The molecule has 0 aliphatic carbocycles. The molecule has 1 saturated heterocycles. The van der Waals surface area contributed by atoms with E-state index in [9.17, 15) is 14.4 Å². The third-order valence-corrected chi connectivity index (χ3v) is 4.89. The van der Waals surface area contributed by atoms with E-state index in [1.165, 1.54) is 11.8 Å². The van der Waals surface area contributed by atoms with Crippen molar-refractivity contribution in [2.24, 2.45) is 0 Å². The summed E-state index contributed by atoms with van der Waals surface area (Å²) in [5, 5.41) is 5.85. The van der Waals surface area contributed by atoms with Gasteiger partial charge in [-0.15, -0.1) is 0 Å². The molecule has 1 fully saturated rings. The van der Waals surface area contributed by atoms with Gasteiger partial charge in [-0.25, -0.2) is 0 Å². The Morgan fingerprint density at radius 3 is 2.17 bits per heavy atom. The Balaban J connectivity index is 1.48. The maximum atomic E-state index is 12.4. The van der Waals surface area contributed by atoms with E-state index in [0.29, 0.717) is 37.6 Å². The molecule has 8 nitrogen and oxygen atoms in total. The Morgan fingerprint density at radius 2 is 1.57 bits per heavy atom. The molecule has 0 aromatic heterocycles. The summed E-state index contributed by atoms with van der Waals surface area (Å²) >= 11 is 0. The van der Waals surface area contributed by atoms with Crippen molar-refractivity contribution in [1.29, 1.82) is 0 Å². The summed E-state index contributed by atoms with van der Waals surface area (Å²) in [5.74, 6) is -0.272. The molecule has 0 spiro atoms. The van der Waals surface area contributed by atoms with Crippen LogP contribution in [0.2, 0.25) is 0 Å². The normalized spacial score (nSPS) is 13.5. The van der Waals surface area contributed by atoms with Crippen molar-refractivity contribution >= 4 is 34.8 Å². The van der Waals surface area contributed by atoms with E-state index in [4.69, 9.17) is 4.74 Å². The zero-order valence-electron chi connectivity index (χ0n) is 17.2. The number of carbonyl (C=O) groups is 3. The Morgan fingerprint density at radius 1 is 0.967 bits per heavy atom. The molecular weight excluding hydrogens is 384 g/mol. The lowest BCUT2D eigenvalue weighted by Gasteiger charge is -2.26. The van der Waals surface area contributed by atoms with Crippen molar-refractivity contribution < 1.29 is 19.1 Å². The third kappa shape index (κ3) is 5.57. The summed E-state index contributed by atoms with van der Waals surface area (Å²) in [6, 6.07) is 14.1. The van der Waals surface area contributed by atoms with Crippen LogP contribution < -0.4 is 15.5 Å². The molecule has 1 aliphatic rings. The van der Waals surface area contributed by atoms with E-state index in [2.05, 4.69) is 10.6 Å². The number of amides is 3. The molecule has 0 unspecified atom stereocenters. The lowest BCUT2D eigenvalue weighted by atomic mass is 10.1. The van der Waals surface area contributed by atoms with Crippen molar-refractivity contribution in [2.45, 2.75) is 6.92 Å². The number of hydrogen-bond donors (Lipinski definition) is 2. The van der Waals surface area contributed by atoms with Crippen molar-refractivity contribution in [3.63, 3.8) is 0 Å². The predicted molar refractivity (Wildman–Crippen MR) is 116 cm³/mol. The van der Waals surface area contributed by atoms with E-state index in [-0.39, 0.29) is 24.3 Å². The van der Waals surface area contributed by atoms with E-state index in [0.717, 1.165) is 11.4 Å². The molecule has 8 heteroatoms. The number of hydrogen-bond acceptors (Lipinski definition) is 5. The first-order valence-corrected chi connectivity index (χ1v) is 9.79. The molecule has 0 radical (unpaired) electrons. The summed E-state index contributed by atoms with van der Waals surface area (Å²) in [7, 11) is 1.69. The molecular formula is C22H26N4O4. The number of anilines is 3. The zero-order valence-corrected chi connectivity index (χ0v) is 17.2. The van der Waals surface area contributed by atoms with Crippen molar-refractivity contribution in [3.05, 3.63) is 54.1 Å². The minimum Gasteiger partial charge on any atom is -0.378 e. The Hall–Kier alpha value is -3.39. The number of nitrogens with zero attached hydrogens (tertiary/aromatic N) is 2. The highest BCUT2D eigenvalue weighted by molar-refractivity contribution is 5.96. The van der Waals surface area contributed by atoms with Crippen LogP contribution in [0.15, 0.2) is 48.5 Å². The number of nitrogens with one attached hydrogen (secondary N) is 2. The SMILES string of the molecule is CC(=O)N(C)c1ccc(NC(=O)CNc2ccc(C(=O)N3CCOCC3)cc2)cc1. The fraction of sp³-hybridized carbons (Fsp3) is 0.318. The molecule has 158 valence electrons. The number of morpholine rings is 1. The lowest BCUT2D eigenvalue weighted by Crippen LogP contribution is -2.40. The van der Waals surface area contributed by atoms with Crippen LogP contribution >= 0.6 is 0 Å². The minimum absolute atomic E-state index is 0.0125. The van der Waals surface area contributed by atoms with Crippen LogP contribution in [0.1, 0.15) is 17.3 Å². The monoisotopic (exact) mass is 410 g/mol. The quantitative estimate of drug-likeness (QED) is 0.762. The highest BCUT2D eigenvalue weighted by Gasteiger charge is 2.18. The standard InChI is InChI=1S/C22H26N4O4/c1-16(27)25(2)20-9-7-19(8-10-20)24-21(28)15-23-18-5-3-17(4-6-18)22(29)26-11-13-30-14-12-26/h3-10,23H,11-15H2,1-2H3,(H,24,28). The zero-order chi connectivity index (χ0) is 21.5. The molecule has 0 atom stereocenters. The van der Waals surface area contributed by atoms with Crippen molar-refractivity contribution in [3.8, 4) is 0 Å². The average Bonchev–Trinajstić information content (AvgIpc) is 2.78. The molecule has 2 aromatic rings. The Kier molecular flexibility index (Phi) is 7.03. The smallest absolute Gasteiger partial charge is 0.254 e. The average molecular weight is 410 g/mol. The second kappa shape index (κ2) is 9.89. The maximum absolute atomic E-state index is 12.4. The Bertz CT molecular complexity index is 890. The van der Waals surface area contributed by atoms with Crippen LogP contribution in [0.3, 0.4) is 0 Å². The summed E-state index contributed by atoms with van der Waals surface area (Å²) in [6.07, 6.45) is 0. The molecule has 1 heterocycles. The largest absolute Gasteiger partial charge is 0.378 e. The van der Waals surface area contributed by atoms with Gasteiger partial charge in [0.1, 0.15) is 0 Å². The molecule has 0 saturated carbocycles. The van der Waals surface area contributed by atoms with Gasteiger partial charge in [0, 0.05) is 49.7 Å². The highest BCUT2D eigenvalue weighted by atomic mass is 16.5. The molecule has 30 heavy (non-hydrogen) atoms. The molecule has 3 amide bonds. The molecule has 1 aliphatic heterocycles. The van der Waals surface area contributed by atoms with Gasteiger partial charge in [0.25, 0.3) is 5.91 Å². The third-order valence-electron chi connectivity index (χ3n) is 4.89. The molecule has 3 rings (SSSR count). The number of ether oxygens (including phenoxy) is 1. The fourth-order valence-electron chi connectivity index (χ4n) is 3.02. The summed E-state index contributed by atoms with van der Waals surface area (Å²) in [5.41, 5.74) is 2.77. The first kappa shape index (κ1) is 21.3. The lowest BCUT2D eigenvalue weighted by molar-refractivity contribution is -0.116. The first-order valence-electron chi connectivity index (χ1n) is 9.79. The van der Waals surface area contributed by atoms with E-state index < -0.39 is 0 Å². The molecule has 2 N–H and O–H groups in total. The summed E-state index contributed by atoms with van der Waals surface area (Å²) in [4.78, 5) is 39.3. The van der Waals surface area contributed by atoms with Crippen LogP contribution in [0.4, 0.5) is 17.1 Å². The molecule has 2 aromatic carbocycles. The van der Waals surface area contributed by atoms with Gasteiger partial charge in [0.15, 0.2) is 0 Å². The number of rotatable bonds is 6. The van der Waals surface area contributed by atoms with Crippen LogP contribution in [0.25, 0.3) is 0 Å². The fourth-order valence-corrected chi connectivity index (χ4v) is 3.02. The van der Waals surface area contributed by atoms with Gasteiger partial charge in [0.05, 0.1) is 19.8 Å².